The molecule has 1 fully saturated rings. The van der Waals surface area contributed by atoms with Gasteiger partial charge in [0, 0.05) is 37.9 Å². The van der Waals surface area contributed by atoms with Crippen LogP contribution >= 0.6 is 0 Å². The number of fused-ring (bicyclic) bond motifs is 1. The molecule has 128 valence electrons. The highest BCUT2D eigenvalue weighted by atomic mass is 15.4. The van der Waals surface area contributed by atoms with Crippen LogP contribution in [0.1, 0.15) is 17.7 Å². The van der Waals surface area contributed by atoms with Crippen molar-refractivity contribution in [3.63, 3.8) is 0 Å². The van der Waals surface area contributed by atoms with Crippen LogP contribution in [0.25, 0.3) is 5.69 Å². The van der Waals surface area contributed by atoms with Gasteiger partial charge in [-0.2, -0.15) is 9.67 Å². The molecule has 8 heteroatoms. The normalized spacial score (nSPS) is 22.5. The molecule has 0 bridgehead atoms. The zero-order chi connectivity index (χ0) is 16.7. The number of anilines is 2. The molecule has 0 amide bonds. The molecule has 1 saturated heterocycles. The maximum Gasteiger partial charge on any atom is 0.241 e. The third-order valence-electron chi connectivity index (χ3n) is 5.16. The molecule has 2 aromatic rings. The fourth-order valence-electron chi connectivity index (χ4n) is 3.73. The molecule has 1 aliphatic heterocycles. The lowest BCUT2D eigenvalue weighted by molar-refractivity contribution is 0.103. The highest BCUT2D eigenvalue weighted by Crippen LogP contribution is 2.26. The lowest BCUT2D eigenvalue weighted by atomic mass is 9.90. The van der Waals surface area contributed by atoms with Gasteiger partial charge in [0.2, 0.25) is 11.9 Å². The summed E-state index contributed by atoms with van der Waals surface area (Å²) in [6.45, 7) is 4.60. The first kappa shape index (κ1) is 15.3. The molecule has 0 aromatic carbocycles. The maximum atomic E-state index is 5.88. The Labute approximate surface area is 141 Å². The van der Waals surface area contributed by atoms with E-state index in [1.165, 1.54) is 17.7 Å². The topological polar surface area (TPSA) is 102 Å². The molecule has 0 radical (unpaired) electrons. The molecule has 4 rings (SSSR count). The number of hydrogen-bond acceptors (Lipinski definition) is 7. The number of rotatable bonds is 2. The van der Waals surface area contributed by atoms with Crippen LogP contribution in [0.2, 0.25) is 0 Å². The van der Waals surface area contributed by atoms with Crippen molar-refractivity contribution < 1.29 is 0 Å². The van der Waals surface area contributed by atoms with Crippen molar-refractivity contribution in [2.45, 2.75) is 25.3 Å². The molecule has 2 aliphatic rings. The third-order valence-corrected chi connectivity index (χ3v) is 5.16. The Kier molecular flexibility index (Phi) is 3.85. The van der Waals surface area contributed by atoms with E-state index in [1.807, 2.05) is 0 Å². The van der Waals surface area contributed by atoms with Gasteiger partial charge in [0.05, 0.1) is 11.9 Å². The van der Waals surface area contributed by atoms with Crippen molar-refractivity contribution in [3.8, 4) is 5.69 Å². The Morgan fingerprint density at radius 1 is 1.17 bits per heavy atom. The monoisotopic (exact) mass is 328 g/mol. The summed E-state index contributed by atoms with van der Waals surface area (Å²) in [5.74, 6) is 0.473. The Morgan fingerprint density at radius 2 is 1.96 bits per heavy atom. The van der Waals surface area contributed by atoms with E-state index in [2.05, 4.69) is 38.0 Å². The molecule has 1 unspecified atom stereocenters. The van der Waals surface area contributed by atoms with Gasteiger partial charge in [-0.15, -0.1) is 5.10 Å². The quantitative estimate of drug-likeness (QED) is 0.795. The van der Waals surface area contributed by atoms with Crippen molar-refractivity contribution >= 4 is 11.9 Å². The average Bonchev–Trinajstić information content (AvgIpc) is 2.93. The van der Waals surface area contributed by atoms with Gasteiger partial charge in [-0.05, 0) is 37.9 Å². The second kappa shape index (κ2) is 6.03. The number of pyridine rings is 1. The third kappa shape index (κ3) is 2.83. The molecule has 1 aliphatic carbocycles. The number of aromatic nitrogens is 4. The molecule has 8 nitrogen and oxygen atoms in total. The van der Waals surface area contributed by atoms with E-state index >= 15 is 0 Å². The van der Waals surface area contributed by atoms with Gasteiger partial charge in [0.25, 0.3) is 0 Å². The number of aryl methyl sites for hydroxylation is 1. The second-order valence-corrected chi connectivity index (χ2v) is 6.78. The SMILES string of the molecule is CN1CCN(C2CCc3ncc(-n4nc(N)nc4N)cc3C2)CC1. The number of nitrogens with two attached hydrogens (primary N) is 2. The molecule has 0 spiro atoms. The highest BCUT2D eigenvalue weighted by molar-refractivity contribution is 5.42. The van der Waals surface area contributed by atoms with Crippen molar-refractivity contribution in [1.82, 2.24) is 29.5 Å². The predicted octanol–water partition coefficient (Wildman–Crippen LogP) is -0.0686. The van der Waals surface area contributed by atoms with Gasteiger partial charge in [-0.25, -0.2) is 0 Å². The van der Waals surface area contributed by atoms with E-state index in [1.54, 1.807) is 10.9 Å². The molecule has 0 saturated carbocycles. The van der Waals surface area contributed by atoms with Crippen LogP contribution in [-0.4, -0.2) is 68.8 Å². The second-order valence-electron chi connectivity index (χ2n) is 6.78. The molecule has 4 N–H and O–H groups in total. The number of hydrogen-bond donors (Lipinski definition) is 2. The summed E-state index contributed by atoms with van der Waals surface area (Å²) >= 11 is 0. The molecular formula is C16H24N8. The molecule has 3 heterocycles. The molecule has 24 heavy (non-hydrogen) atoms. The van der Waals surface area contributed by atoms with Gasteiger partial charge in [-0.3, -0.25) is 9.88 Å². The largest absolute Gasteiger partial charge is 0.368 e. The summed E-state index contributed by atoms with van der Waals surface area (Å²) < 4.78 is 1.56. The van der Waals surface area contributed by atoms with Crippen molar-refractivity contribution in [3.05, 3.63) is 23.5 Å². The summed E-state index contributed by atoms with van der Waals surface area (Å²) in [5.41, 5.74) is 14.8. The van der Waals surface area contributed by atoms with Crippen molar-refractivity contribution in [2.24, 2.45) is 0 Å². The predicted molar refractivity (Wildman–Crippen MR) is 92.9 cm³/mol. The van der Waals surface area contributed by atoms with Crippen LogP contribution in [0.4, 0.5) is 11.9 Å². The maximum absolute atomic E-state index is 5.88. The van der Waals surface area contributed by atoms with Crippen LogP contribution < -0.4 is 11.5 Å². The Hall–Kier alpha value is -2.19. The van der Waals surface area contributed by atoms with E-state index in [9.17, 15) is 0 Å². The first-order chi connectivity index (χ1) is 11.6. The van der Waals surface area contributed by atoms with Crippen LogP contribution in [-0.2, 0) is 12.8 Å². The fraction of sp³-hybridized carbons (Fsp3) is 0.562. The molecular weight excluding hydrogens is 304 g/mol. The summed E-state index contributed by atoms with van der Waals surface area (Å²) in [4.78, 5) is 13.6. The van der Waals surface area contributed by atoms with Gasteiger partial charge < -0.3 is 16.4 Å². The smallest absolute Gasteiger partial charge is 0.241 e. The highest BCUT2D eigenvalue weighted by Gasteiger charge is 2.27. The van der Waals surface area contributed by atoms with E-state index < -0.39 is 0 Å². The fourth-order valence-corrected chi connectivity index (χ4v) is 3.73. The van der Waals surface area contributed by atoms with Crippen LogP contribution in [0.5, 0.6) is 0 Å². The first-order valence-electron chi connectivity index (χ1n) is 8.49. The van der Waals surface area contributed by atoms with Crippen LogP contribution in [0.15, 0.2) is 12.3 Å². The minimum Gasteiger partial charge on any atom is -0.368 e. The van der Waals surface area contributed by atoms with Crippen molar-refractivity contribution in [2.75, 3.05) is 44.7 Å². The first-order valence-corrected chi connectivity index (χ1v) is 8.49. The van der Waals surface area contributed by atoms with Gasteiger partial charge in [0.1, 0.15) is 0 Å². The summed E-state index contributed by atoms with van der Waals surface area (Å²) in [7, 11) is 2.19. The van der Waals surface area contributed by atoms with Crippen molar-refractivity contribution in [1.29, 1.82) is 0 Å². The summed E-state index contributed by atoms with van der Waals surface area (Å²) in [5, 5.41) is 4.15. The molecule has 2 aromatic heterocycles. The Balaban J connectivity index is 1.56. The number of nitrogens with zero attached hydrogens (tertiary/aromatic N) is 6. The van der Waals surface area contributed by atoms with Gasteiger partial charge in [-0.1, -0.05) is 0 Å². The van der Waals surface area contributed by atoms with E-state index in [0.29, 0.717) is 12.0 Å². The lowest BCUT2D eigenvalue weighted by Crippen LogP contribution is -2.50. The number of nitrogen functional groups attached to an aromatic ring is 2. The van der Waals surface area contributed by atoms with E-state index in [0.717, 1.165) is 44.7 Å². The Bertz CT molecular complexity index is 732. The number of likely N-dealkylation sites (N-methyl/N-ethyl adjacent to an activating group) is 1. The zero-order valence-corrected chi connectivity index (χ0v) is 14.0. The minimum absolute atomic E-state index is 0.181. The molecule has 1 atom stereocenters. The summed E-state index contributed by atoms with van der Waals surface area (Å²) in [6.07, 6.45) is 5.05. The van der Waals surface area contributed by atoms with Gasteiger partial charge in [0.15, 0.2) is 0 Å². The van der Waals surface area contributed by atoms with Gasteiger partial charge >= 0.3 is 0 Å². The zero-order valence-electron chi connectivity index (χ0n) is 14.0. The number of piperazine rings is 1. The Morgan fingerprint density at radius 3 is 2.67 bits per heavy atom. The van der Waals surface area contributed by atoms with Crippen LogP contribution in [0, 0.1) is 0 Å². The van der Waals surface area contributed by atoms with E-state index in [4.69, 9.17) is 11.5 Å². The van der Waals surface area contributed by atoms with Crippen LogP contribution in [0.3, 0.4) is 0 Å². The minimum atomic E-state index is 0.181. The standard InChI is InChI=1S/C16H24N8/c1-22-4-6-23(7-5-22)12-2-3-14-11(8-12)9-13(10-19-14)24-16(18)20-15(17)21-24/h9-10,12H,2-8H2,1H3,(H4,17,18,20,21). The summed E-state index contributed by atoms with van der Waals surface area (Å²) in [6, 6.07) is 2.73. The lowest BCUT2D eigenvalue weighted by Gasteiger charge is -2.39. The van der Waals surface area contributed by atoms with E-state index in [-0.39, 0.29) is 5.95 Å². The average molecular weight is 328 g/mol.